The molecule has 0 radical (unpaired) electrons. The topological polar surface area (TPSA) is 80.7 Å². The van der Waals surface area contributed by atoms with Crippen LogP contribution in [0, 0.1) is 0 Å². The molecule has 0 amide bonds. The molecule has 0 bridgehead atoms. The van der Waals surface area contributed by atoms with Crippen molar-refractivity contribution in [3.63, 3.8) is 0 Å². The molecule has 5 nitrogen and oxygen atoms in total. The lowest BCUT2D eigenvalue weighted by Gasteiger charge is -1.99. The molecule has 1 aromatic carbocycles. The molecule has 0 unspecified atom stereocenters. The van der Waals surface area contributed by atoms with Crippen molar-refractivity contribution < 1.29 is 19.4 Å². The Labute approximate surface area is 122 Å². The number of carbonyl (C=O) groups is 2. The van der Waals surface area contributed by atoms with Gasteiger partial charge in [-0.3, -0.25) is 9.59 Å². The van der Waals surface area contributed by atoms with Crippen molar-refractivity contribution in [1.29, 1.82) is 0 Å². The maximum absolute atomic E-state index is 11.0. The molecule has 0 atom stereocenters. The minimum Gasteiger partial charge on any atom is -0.497 e. The molecule has 2 aromatic rings. The number of hydrogen-bond donors (Lipinski definition) is 1. The molecule has 20 heavy (non-hydrogen) atoms. The molecule has 2 rings (SSSR count). The number of benzene rings is 1. The Morgan fingerprint density at radius 1 is 1.15 bits per heavy atom. The number of carbonyl (C=O) groups excluding carboxylic acids is 1. The highest BCUT2D eigenvalue weighted by atomic mass is 32.9. The normalized spacial score (nSPS) is 9.30. The number of ketones is 1. The number of aliphatic carboxylic acids is 1. The Bertz CT molecular complexity index is 627. The van der Waals surface area contributed by atoms with Crippen LogP contribution in [-0.4, -0.2) is 24.0 Å². The first-order chi connectivity index (χ1) is 9.43. The minimum atomic E-state index is -1.38. The average Bonchev–Trinajstić information content (AvgIpc) is 2.86. The van der Waals surface area contributed by atoms with Crippen LogP contribution in [0.25, 0.3) is 10.4 Å². The summed E-state index contributed by atoms with van der Waals surface area (Å²) in [5.74, 6) is -1.37. The van der Waals surface area contributed by atoms with E-state index in [1.807, 2.05) is 24.3 Å². The fourth-order valence-electron chi connectivity index (χ4n) is 1.13. The van der Waals surface area contributed by atoms with E-state index in [1.165, 1.54) is 20.7 Å². The van der Waals surface area contributed by atoms with Gasteiger partial charge in [0, 0.05) is 17.9 Å². The van der Waals surface area contributed by atoms with Gasteiger partial charge in [0.05, 0.1) is 7.11 Å². The van der Waals surface area contributed by atoms with Crippen molar-refractivity contribution in [3.05, 3.63) is 39.9 Å². The summed E-state index contributed by atoms with van der Waals surface area (Å²) in [6, 6.07) is 9.36. The molecule has 106 valence electrons. The standard InChI is InChI=1S/C10H8O2S2.C3H4O3/c1-12-8-4-2-7(3-5-8)9-6-10(11)14-13-9;1-2(4)3(5)6/h2-6H,1H3;1H3,(H,5,6). The SMILES string of the molecule is CC(=O)C(=O)O.COc1ccc(-c2cc(=O)ss2)cc1. The van der Waals surface area contributed by atoms with Crippen LogP contribution in [0.5, 0.6) is 5.75 Å². The molecule has 0 saturated heterocycles. The second-order valence-corrected chi connectivity index (χ2v) is 5.76. The first kappa shape index (κ1) is 16.1. The molecule has 1 N–H and O–H groups in total. The summed E-state index contributed by atoms with van der Waals surface area (Å²) >= 11 is 0. The first-order valence-corrected chi connectivity index (χ1v) is 7.57. The van der Waals surface area contributed by atoms with E-state index in [2.05, 4.69) is 0 Å². The van der Waals surface area contributed by atoms with Gasteiger partial charge in [0.25, 0.3) is 0 Å². The van der Waals surface area contributed by atoms with Crippen molar-refractivity contribution in [2.45, 2.75) is 6.92 Å². The van der Waals surface area contributed by atoms with Crippen molar-refractivity contribution in [2.75, 3.05) is 7.11 Å². The fourth-order valence-corrected chi connectivity index (χ4v) is 3.02. The number of rotatable bonds is 3. The molecule has 0 aliphatic rings. The van der Waals surface area contributed by atoms with E-state index in [9.17, 15) is 14.4 Å². The Morgan fingerprint density at radius 2 is 1.70 bits per heavy atom. The van der Waals surface area contributed by atoms with Gasteiger partial charge in [0.15, 0.2) is 0 Å². The Balaban J connectivity index is 0.000000286. The monoisotopic (exact) mass is 312 g/mol. The van der Waals surface area contributed by atoms with E-state index in [0.717, 1.165) is 23.1 Å². The maximum Gasteiger partial charge on any atom is 0.371 e. The zero-order valence-corrected chi connectivity index (χ0v) is 12.4. The van der Waals surface area contributed by atoms with E-state index in [0.29, 0.717) is 0 Å². The van der Waals surface area contributed by atoms with Gasteiger partial charge in [-0.1, -0.05) is 10.3 Å². The Hall–Kier alpha value is -1.99. The van der Waals surface area contributed by atoms with E-state index in [-0.39, 0.29) is 4.74 Å². The number of carboxylic acid groups (broad SMARTS) is 1. The summed E-state index contributed by atoms with van der Waals surface area (Å²) in [4.78, 5) is 30.9. The second kappa shape index (κ2) is 7.56. The molecule has 0 aliphatic heterocycles. The zero-order chi connectivity index (χ0) is 15.1. The van der Waals surface area contributed by atoms with Crippen molar-refractivity contribution in [1.82, 2.24) is 0 Å². The highest BCUT2D eigenvalue weighted by Gasteiger charge is 2.01. The Kier molecular flexibility index (Phi) is 6.08. The number of carboxylic acids is 1. The fraction of sp³-hybridized carbons (Fsp3) is 0.154. The predicted octanol–water partition coefficient (Wildman–Crippen LogP) is 2.51. The van der Waals surface area contributed by atoms with E-state index >= 15 is 0 Å². The van der Waals surface area contributed by atoms with Crippen molar-refractivity contribution >= 4 is 32.4 Å². The largest absolute Gasteiger partial charge is 0.497 e. The lowest BCUT2D eigenvalue weighted by molar-refractivity contribution is -0.148. The van der Waals surface area contributed by atoms with Gasteiger partial charge < -0.3 is 9.84 Å². The van der Waals surface area contributed by atoms with E-state index in [1.54, 1.807) is 13.2 Å². The molecule has 0 spiro atoms. The summed E-state index contributed by atoms with van der Waals surface area (Å²) in [5, 5.41) is 7.64. The number of hydrogen-bond acceptors (Lipinski definition) is 6. The third kappa shape index (κ3) is 4.94. The van der Waals surface area contributed by atoms with Crippen LogP contribution in [0.1, 0.15) is 6.92 Å². The van der Waals surface area contributed by atoms with Crippen LogP contribution in [-0.2, 0) is 9.59 Å². The molecule has 0 saturated carbocycles. The van der Waals surface area contributed by atoms with Gasteiger partial charge >= 0.3 is 5.97 Å². The molecule has 1 aromatic heterocycles. The first-order valence-electron chi connectivity index (χ1n) is 5.42. The lowest BCUT2D eigenvalue weighted by atomic mass is 10.2. The van der Waals surface area contributed by atoms with Crippen LogP contribution in [0.3, 0.4) is 0 Å². The van der Waals surface area contributed by atoms with E-state index < -0.39 is 11.8 Å². The quantitative estimate of drug-likeness (QED) is 0.695. The van der Waals surface area contributed by atoms with Gasteiger partial charge in [-0.25, -0.2) is 4.79 Å². The summed E-state index contributed by atoms with van der Waals surface area (Å²) < 4.78 is 5.17. The number of Topliss-reactive ketones (excluding diaryl/α,β-unsaturated/α-hetero) is 1. The van der Waals surface area contributed by atoms with Crippen LogP contribution in [0.4, 0.5) is 0 Å². The van der Waals surface area contributed by atoms with Gasteiger partial charge in [-0.05, 0) is 40.2 Å². The Morgan fingerprint density at radius 3 is 2.05 bits per heavy atom. The summed E-state index contributed by atoms with van der Waals surface area (Å²) in [6.07, 6.45) is 0. The van der Waals surface area contributed by atoms with Gasteiger partial charge in [-0.15, -0.1) is 0 Å². The van der Waals surface area contributed by atoms with Gasteiger partial charge in [0.2, 0.25) is 10.5 Å². The summed E-state index contributed by atoms with van der Waals surface area (Å²) in [7, 11) is 4.41. The molecule has 0 aliphatic carbocycles. The summed E-state index contributed by atoms with van der Waals surface area (Å²) in [5.41, 5.74) is 1.06. The van der Waals surface area contributed by atoms with Crippen molar-refractivity contribution in [2.24, 2.45) is 0 Å². The van der Waals surface area contributed by atoms with Gasteiger partial charge in [-0.2, -0.15) is 0 Å². The minimum absolute atomic E-state index is 0.112. The molecule has 7 heteroatoms. The van der Waals surface area contributed by atoms with Gasteiger partial charge in [0.1, 0.15) is 5.75 Å². The third-order valence-corrected chi connectivity index (χ3v) is 4.32. The molecule has 1 heterocycles. The maximum atomic E-state index is 11.0. The van der Waals surface area contributed by atoms with Crippen LogP contribution in [0.2, 0.25) is 0 Å². The lowest BCUT2D eigenvalue weighted by Crippen LogP contribution is -2.05. The smallest absolute Gasteiger partial charge is 0.371 e. The van der Waals surface area contributed by atoms with Crippen molar-refractivity contribution in [3.8, 4) is 16.2 Å². The van der Waals surface area contributed by atoms with Crippen LogP contribution < -0.4 is 9.48 Å². The highest BCUT2D eigenvalue weighted by Crippen LogP contribution is 2.26. The molecule has 0 fully saturated rings. The number of ether oxygens (including phenoxy) is 1. The third-order valence-electron chi connectivity index (χ3n) is 2.14. The molecular weight excluding hydrogens is 300 g/mol. The number of methoxy groups -OCH3 is 1. The van der Waals surface area contributed by atoms with Crippen LogP contribution in [0.15, 0.2) is 35.1 Å². The predicted molar refractivity (Wildman–Crippen MR) is 78.8 cm³/mol. The highest BCUT2D eigenvalue weighted by molar-refractivity contribution is 7.69. The average molecular weight is 312 g/mol. The molecular formula is C13H12O5S2. The summed E-state index contributed by atoms with van der Waals surface area (Å²) in [6.45, 7) is 1.00. The zero-order valence-electron chi connectivity index (χ0n) is 10.8. The second-order valence-electron chi connectivity index (χ2n) is 3.58. The van der Waals surface area contributed by atoms with Crippen LogP contribution >= 0.6 is 20.7 Å². The van der Waals surface area contributed by atoms with E-state index in [4.69, 9.17) is 9.84 Å².